The number of nitrogens with zero attached hydrogens (tertiary/aromatic N) is 5. The van der Waals surface area contributed by atoms with E-state index in [4.69, 9.17) is 16.1 Å². The summed E-state index contributed by atoms with van der Waals surface area (Å²) >= 11 is 0. The number of aliphatic hydroxyl groups is 1. The van der Waals surface area contributed by atoms with Crippen LogP contribution in [0, 0.1) is 24.0 Å². The standard InChI is InChI=1S/C34H36F2N6O3/c1-4-24-27(35)9-6-20-12-23(44)13-25(28(20)24)30-29(36)31-26(14-37-30)32(41-15-21-7-8-22(16-41)38-21)40-33(39-31)45-18-34(17-43)10-5-11-42(34)19(2)3/h1,6,9,12-14,19,21-22,38,43-44H,5,7-8,10-11,15-18H2,2-3H3/t21?,22?,34-/m1/s1. The molecule has 3 aliphatic heterocycles. The second-order valence-electron chi connectivity index (χ2n) is 12.8. The predicted octanol–water partition coefficient (Wildman–Crippen LogP) is 4.36. The molecule has 0 amide bonds. The largest absolute Gasteiger partial charge is 0.508 e. The van der Waals surface area contributed by atoms with Crippen LogP contribution >= 0.6 is 0 Å². The van der Waals surface area contributed by atoms with Gasteiger partial charge in [0.25, 0.3) is 0 Å². The zero-order chi connectivity index (χ0) is 31.5. The second kappa shape index (κ2) is 11.4. The minimum absolute atomic E-state index is 0.000939. The smallest absolute Gasteiger partial charge is 0.319 e. The van der Waals surface area contributed by atoms with Crippen LogP contribution in [0.25, 0.3) is 32.9 Å². The molecule has 3 N–H and O–H groups in total. The number of terminal acetylenes is 1. The molecule has 3 saturated heterocycles. The van der Waals surface area contributed by atoms with Crippen molar-refractivity contribution in [1.82, 2.24) is 25.2 Å². The average Bonchev–Trinajstić information content (AvgIpc) is 3.62. The molecule has 11 heteroatoms. The molecule has 9 nitrogen and oxygen atoms in total. The summed E-state index contributed by atoms with van der Waals surface area (Å²) in [5.41, 5.74) is -0.634. The second-order valence-corrected chi connectivity index (χ2v) is 12.8. The zero-order valence-electron chi connectivity index (χ0n) is 25.4. The number of hydrogen-bond acceptors (Lipinski definition) is 9. The number of fused-ring (bicyclic) bond motifs is 4. The van der Waals surface area contributed by atoms with Gasteiger partial charge >= 0.3 is 6.01 Å². The van der Waals surface area contributed by atoms with Crippen molar-refractivity contribution in [1.29, 1.82) is 0 Å². The van der Waals surface area contributed by atoms with Gasteiger partial charge in [0.1, 0.15) is 35.2 Å². The van der Waals surface area contributed by atoms with Crippen LogP contribution in [0.5, 0.6) is 11.8 Å². The highest BCUT2D eigenvalue weighted by Gasteiger charge is 2.43. The van der Waals surface area contributed by atoms with E-state index in [1.807, 2.05) is 0 Å². The first-order valence-electron chi connectivity index (χ1n) is 15.5. The Hall–Kier alpha value is -4.11. The number of aromatic hydroxyl groups is 1. The lowest BCUT2D eigenvalue weighted by molar-refractivity contribution is 0.00391. The van der Waals surface area contributed by atoms with Crippen molar-refractivity contribution in [3.63, 3.8) is 0 Å². The lowest BCUT2D eigenvalue weighted by Gasteiger charge is -2.39. The number of halogens is 2. The third-order valence-corrected chi connectivity index (χ3v) is 9.65. The van der Waals surface area contributed by atoms with Gasteiger partial charge in [0.15, 0.2) is 5.82 Å². The van der Waals surface area contributed by atoms with Crippen LogP contribution in [-0.4, -0.2) is 86.6 Å². The molecule has 3 aliphatic rings. The van der Waals surface area contributed by atoms with Crippen molar-refractivity contribution in [2.75, 3.05) is 37.7 Å². The molecule has 2 bridgehead atoms. The number of nitrogens with one attached hydrogen (secondary N) is 1. The van der Waals surface area contributed by atoms with Gasteiger partial charge in [0.2, 0.25) is 0 Å². The number of likely N-dealkylation sites (tertiary alicyclic amines) is 1. The Balaban J connectivity index is 1.38. The van der Waals surface area contributed by atoms with Gasteiger partial charge in [-0.1, -0.05) is 12.0 Å². The minimum atomic E-state index is -0.764. The maximum Gasteiger partial charge on any atom is 0.319 e. The summed E-state index contributed by atoms with van der Waals surface area (Å²) in [7, 11) is 0. The number of ether oxygens (including phenoxy) is 1. The Labute approximate surface area is 260 Å². The number of piperazine rings is 1. The summed E-state index contributed by atoms with van der Waals surface area (Å²) < 4.78 is 37.8. The third kappa shape index (κ3) is 5.01. The van der Waals surface area contributed by atoms with Gasteiger partial charge in [-0.3, -0.25) is 9.88 Å². The molecule has 234 valence electrons. The van der Waals surface area contributed by atoms with Gasteiger partial charge < -0.3 is 25.2 Å². The van der Waals surface area contributed by atoms with E-state index in [1.165, 1.54) is 30.5 Å². The molecular formula is C34H36F2N6O3. The fourth-order valence-electron chi connectivity index (χ4n) is 7.57. The topological polar surface area (TPSA) is 107 Å². The van der Waals surface area contributed by atoms with Crippen molar-refractivity contribution >= 4 is 27.5 Å². The fourth-order valence-corrected chi connectivity index (χ4v) is 7.57. The van der Waals surface area contributed by atoms with Crippen LogP contribution in [0.2, 0.25) is 0 Å². The van der Waals surface area contributed by atoms with Crippen molar-refractivity contribution in [3.8, 4) is 35.4 Å². The van der Waals surface area contributed by atoms with Gasteiger partial charge in [-0.2, -0.15) is 9.97 Å². The van der Waals surface area contributed by atoms with Crippen LogP contribution in [0.1, 0.15) is 45.1 Å². The quantitative estimate of drug-likeness (QED) is 0.262. The molecule has 0 spiro atoms. The highest BCUT2D eigenvalue weighted by atomic mass is 19.1. The number of phenols is 1. The normalized spacial score (nSPS) is 23.4. The first kappa shape index (κ1) is 29.6. The number of aromatic nitrogens is 3. The molecule has 2 aromatic heterocycles. The highest BCUT2D eigenvalue weighted by molar-refractivity contribution is 6.03. The lowest BCUT2D eigenvalue weighted by atomic mass is 9.96. The van der Waals surface area contributed by atoms with Crippen molar-refractivity contribution in [2.24, 2.45) is 0 Å². The first-order chi connectivity index (χ1) is 21.7. The Morgan fingerprint density at radius 3 is 2.67 bits per heavy atom. The number of pyridine rings is 1. The van der Waals surface area contributed by atoms with E-state index >= 15 is 4.39 Å². The van der Waals surface area contributed by atoms with E-state index < -0.39 is 17.2 Å². The van der Waals surface area contributed by atoms with E-state index in [0.29, 0.717) is 41.8 Å². The first-order valence-corrected chi connectivity index (χ1v) is 15.5. The summed E-state index contributed by atoms with van der Waals surface area (Å²) in [5.74, 6) is 1.36. The van der Waals surface area contributed by atoms with Gasteiger partial charge in [-0.15, -0.1) is 6.42 Å². The number of benzene rings is 2. The Bertz CT molecular complexity index is 1830. The van der Waals surface area contributed by atoms with Crippen LogP contribution in [0.4, 0.5) is 14.6 Å². The number of aliphatic hydroxyl groups excluding tert-OH is 1. The third-order valence-electron chi connectivity index (χ3n) is 9.65. The molecule has 4 aromatic rings. The summed E-state index contributed by atoms with van der Waals surface area (Å²) in [6.07, 6.45) is 11.0. The van der Waals surface area contributed by atoms with Gasteiger partial charge in [0.05, 0.1) is 23.1 Å². The molecule has 7 rings (SSSR count). The summed E-state index contributed by atoms with van der Waals surface area (Å²) in [5, 5.41) is 25.8. The number of phenolic OH excluding ortho intramolecular Hbond substituents is 1. The van der Waals surface area contributed by atoms with Crippen molar-refractivity contribution in [2.45, 2.75) is 63.2 Å². The molecule has 2 unspecified atom stereocenters. The molecule has 2 aromatic carbocycles. The predicted molar refractivity (Wildman–Crippen MR) is 168 cm³/mol. The summed E-state index contributed by atoms with van der Waals surface area (Å²) in [6.45, 7) is 6.45. The van der Waals surface area contributed by atoms with Gasteiger partial charge in [-0.05, 0) is 69.7 Å². The summed E-state index contributed by atoms with van der Waals surface area (Å²) in [6, 6.07) is 6.27. The van der Waals surface area contributed by atoms with E-state index in [1.54, 1.807) is 0 Å². The molecule has 5 heterocycles. The Kier molecular flexibility index (Phi) is 7.47. The van der Waals surface area contributed by atoms with E-state index in [9.17, 15) is 14.6 Å². The van der Waals surface area contributed by atoms with E-state index in [0.717, 1.165) is 32.2 Å². The van der Waals surface area contributed by atoms with Gasteiger partial charge in [-0.25, -0.2) is 8.78 Å². The maximum absolute atomic E-state index is 16.8. The molecule has 0 aliphatic carbocycles. The SMILES string of the molecule is C#Cc1c(F)ccc2cc(O)cc(-c3ncc4c(N5CC6CCC(C5)N6)nc(OC[C@]5(CO)CCCN5C(C)C)nc4c3F)c12. The van der Waals surface area contributed by atoms with E-state index in [-0.39, 0.29) is 58.7 Å². The summed E-state index contributed by atoms with van der Waals surface area (Å²) in [4.78, 5) is 18.2. The van der Waals surface area contributed by atoms with Crippen molar-refractivity contribution < 1.29 is 23.7 Å². The molecule has 0 saturated carbocycles. The Morgan fingerprint density at radius 1 is 1.18 bits per heavy atom. The number of hydrogen-bond donors (Lipinski definition) is 3. The highest BCUT2D eigenvalue weighted by Crippen LogP contribution is 2.39. The van der Waals surface area contributed by atoms with Crippen LogP contribution < -0.4 is 15.0 Å². The molecule has 0 radical (unpaired) electrons. The van der Waals surface area contributed by atoms with Crippen LogP contribution in [0.15, 0.2) is 30.5 Å². The van der Waals surface area contributed by atoms with Crippen molar-refractivity contribution in [3.05, 3.63) is 47.7 Å². The molecule has 3 atom stereocenters. The molecule has 45 heavy (non-hydrogen) atoms. The lowest BCUT2D eigenvalue weighted by Crippen LogP contribution is -2.54. The monoisotopic (exact) mass is 614 g/mol. The minimum Gasteiger partial charge on any atom is -0.508 e. The Morgan fingerprint density at radius 2 is 1.96 bits per heavy atom. The molecular weight excluding hydrogens is 578 g/mol. The zero-order valence-corrected chi connectivity index (χ0v) is 25.4. The maximum atomic E-state index is 16.8. The average molecular weight is 615 g/mol. The number of rotatable bonds is 7. The van der Waals surface area contributed by atoms with Crippen LogP contribution in [0.3, 0.4) is 0 Å². The van der Waals surface area contributed by atoms with Crippen LogP contribution in [-0.2, 0) is 0 Å². The molecule has 3 fully saturated rings. The number of anilines is 1. The van der Waals surface area contributed by atoms with Gasteiger partial charge in [0, 0.05) is 48.4 Å². The van der Waals surface area contributed by atoms with E-state index in [2.05, 4.69) is 44.9 Å². The fraction of sp³-hybridized carbons (Fsp3) is 0.441.